The maximum atomic E-state index is 12.9. The number of rotatable bonds is 7. The van der Waals surface area contributed by atoms with Gasteiger partial charge in [-0.1, -0.05) is 41.6 Å². The van der Waals surface area contributed by atoms with Crippen LogP contribution in [-0.2, 0) is 6.54 Å². The zero-order valence-electron chi connectivity index (χ0n) is 17.1. The van der Waals surface area contributed by atoms with Crippen molar-refractivity contribution < 1.29 is 14.1 Å². The molecule has 5 rings (SSSR count). The fourth-order valence-corrected chi connectivity index (χ4v) is 3.44. The summed E-state index contributed by atoms with van der Waals surface area (Å²) in [5.41, 5.74) is 2.78. The van der Waals surface area contributed by atoms with Crippen molar-refractivity contribution in [1.82, 2.24) is 14.9 Å². The lowest BCUT2D eigenvalue weighted by Gasteiger charge is -2.09. The molecule has 0 saturated carbocycles. The lowest BCUT2D eigenvalue weighted by molar-refractivity contribution is 0.102. The number of hydrogen-bond acceptors (Lipinski definition) is 5. The fourth-order valence-electron chi connectivity index (χ4n) is 3.44. The Bertz CT molecular complexity index is 1340. The lowest BCUT2D eigenvalue weighted by Crippen LogP contribution is -2.12. The van der Waals surface area contributed by atoms with Crippen LogP contribution in [0.25, 0.3) is 22.2 Å². The van der Waals surface area contributed by atoms with E-state index in [0.717, 1.165) is 10.9 Å². The molecule has 2 aromatic heterocycles. The summed E-state index contributed by atoms with van der Waals surface area (Å²) < 4.78 is 13.1. The Kier molecular flexibility index (Phi) is 5.36. The van der Waals surface area contributed by atoms with Gasteiger partial charge in [0, 0.05) is 35.3 Å². The Labute approximate surface area is 184 Å². The molecule has 5 aromatic rings. The number of carbonyl (C=O) groups excluding carboxylic acids is 1. The summed E-state index contributed by atoms with van der Waals surface area (Å²) in [5, 5.41) is 12.0. The SMILES string of the molecule is O=C(Nc1cccc(OCCn2cccn2)c1)c1ccc2noc(-c3ccccc3)c2c1. The first-order chi connectivity index (χ1) is 15.8. The van der Waals surface area contributed by atoms with Crippen molar-refractivity contribution in [2.75, 3.05) is 11.9 Å². The largest absolute Gasteiger partial charge is 0.492 e. The average Bonchev–Trinajstić information content (AvgIpc) is 3.49. The number of amides is 1. The molecular weight excluding hydrogens is 404 g/mol. The molecule has 0 spiro atoms. The maximum absolute atomic E-state index is 12.9. The van der Waals surface area contributed by atoms with Gasteiger partial charge in [0.1, 0.15) is 17.9 Å². The van der Waals surface area contributed by atoms with Gasteiger partial charge in [-0.15, -0.1) is 0 Å². The van der Waals surface area contributed by atoms with Crippen molar-refractivity contribution in [1.29, 1.82) is 0 Å². The molecule has 0 radical (unpaired) electrons. The zero-order chi connectivity index (χ0) is 21.8. The summed E-state index contributed by atoms with van der Waals surface area (Å²) in [4.78, 5) is 12.9. The Hall–Kier alpha value is -4.39. The third-order valence-corrected chi connectivity index (χ3v) is 5.01. The van der Waals surface area contributed by atoms with Gasteiger partial charge in [-0.2, -0.15) is 5.10 Å². The van der Waals surface area contributed by atoms with Crippen molar-refractivity contribution in [3.8, 4) is 17.1 Å². The number of fused-ring (bicyclic) bond motifs is 1. The van der Waals surface area contributed by atoms with Crippen LogP contribution >= 0.6 is 0 Å². The van der Waals surface area contributed by atoms with E-state index in [1.54, 1.807) is 35.1 Å². The van der Waals surface area contributed by atoms with Gasteiger partial charge in [-0.3, -0.25) is 9.48 Å². The zero-order valence-corrected chi connectivity index (χ0v) is 17.1. The summed E-state index contributed by atoms with van der Waals surface area (Å²) in [6, 6.07) is 24.2. The summed E-state index contributed by atoms with van der Waals surface area (Å²) in [6.07, 6.45) is 3.62. The van der Waals surface area contributed by atoms with Crippen LogP contribution in [0.15, 0.2) is 95.8 Å². The van der Waals surface area contributed by atoms with Gasteiger partial charge in [0.25, 0.3) is 5.91 Å². The van der Waals surface area contributed by atoms with Crippen LogP contribution in [0.3, 0.4) is 0 Å². The highest BCUT2D eigenvalue weighted by Crippen LogP contribution is 2.29. The summed E-state index contributed by atoms with van der Waals surface area (Å²) in [5.74, 6) is 1.10. The predicted octanol–water partition coefficient (Wildman–Crippen LogP) is 5.02. The number of hydrogen-bond donors (Lipinski definition) is 1. The van der Waals surface area contributed by atoms with Crippen molar-refractivity contribution in [3.05, 3.63) is 96.8 Å². The normalized spacial score (nSPS) is 10.9. The molecule has 158 valence electrons. The Balaban J connectivity index is 1.30. The Morgan fingerprint density at radius 1 is 1.00 bits per heavy atom. The van der Waals surface area contributed by atoms with Gasteiger partial charge in [-0.25, -0.2) is 0 Å². The van der Waals surface area contributed by atoms with Crippen LogP contribution in [0.5, 0.6) is 5.75 Å². The second-order valence-electron chi connectivity index (χ2n) is 7.21. The van der Waals surface area contributed by atoms with Crippen LogP contribution in [0.1, 0.15) is 10.4 Å². The quantitative estimate of drug-likeness (QED) is 0.397. The van der Waals surface area contributed by atoms with Crippen molar-refractivity contribution >= 4 is 22.5 Å². The van der Waals surface area contributed by atoms with Crippen molar-refractivity contribution in [2.45, 2.75) is 6.54 Å². The summed E-state index contributed by atoms with van der Waals surface area (Å²) >= 11 is 0. The number of ether oxygens (including phenoxy) is 1. The first-order valence-corrected chi connectivity index (χ1v) is 10.2. The fraction of sp³-hybridized carbons (Fsp3) is 0.0800. The molecule has 32 heavy (non-hydrogen) atoms. The van der Waals surface area contributed by atoms with Crippen LogP contribution in [0.2, 0.25) is 0 Å². The predicted molar refractivity (Wildman–Crippen MR) is 122 cm³/mol. The number of nitrogens with zero attached hydrogens (tertiary/aromatic N) is 3. The van der Waals surface area contributed by atoms with Crippen molar-refractivity contribution in [2.24, 2.45) is 0 Å². The van der Waals surface area contributed by atoms with E-state index in [0.29, 0.717) is 41.4 Å². The Morgan fingerprint density at radius 3 is 2.75 bits per heavy atom. The standard InChI is InChI=1S/C25H20N4O3/c30-25(27-20-8-4-9-21(17-20)31-15-14-29-13-5-12-26-29)19-10-11-23-22(16-19)24(32-28-23)18-6-2-1-3-7-18/h1-13,16-17H,14-15H2,(H,27,30). The van der Waals surface area contributed by atoms with E-state index in [-0.39, 0.29) is 5.91 Å². The molecule has 0 fully saturated rings. The van der Waals surface area contributed by atoms with E-state index in [1.807, 2.05) is 60.8 Å². The average molecular weight is 424 g/mol. The molecule has 0 unspecified atom stereocenters. The lowest BCUT2D eigenvalue weighted by atomic mass is 10.1. The van der Waals surface area contributed by atoms with Crippen molar-refractivity contribution in [3.63, 3.8) is 0 Å². The minimum Gasteiger partial charge on any atom is -0.492 e. The van der Waals surface area contributed by atoms with E-state index >= 15 is 0 Å². The van der Waals surface area contributed by atoms with E-state index in [1.165, 1.54) is 0 Å². The van der Waals surface area contributed by atoms with E-state index in [9.17, 15) is 4.79 Å². The van der Waals surface area contributed by atoms with Gasteiger partial charge in [-0.05, 0) is 36.4 Å². The second-order valence-corrected chi connectivity index (χ2v) is 7.21. The highest BCUT2D eigenvalue weighted by atomic mass is 16.5. The molecule has 0 saturated heterocycles. The number of benzene rings is 3. The molecule has 2 heterocycles. The molecule has 0 aliphatic rings. The number of anilines is 1. The summed E-state index contributed by atoms with van der Waals surface area (Å²) in [6.45, 7) is 1.12. The molecule has 7 nitrogen and oxygen atoms in total. The van der Waals surface area contributed by atoms with Gasteiger partial charge >= 0.3 is 0 Å². The van der Waals surface area contributed by atoms with Crippen LogP contribution < -0.4 is 10.1 Å². The minimum absolute atomic E-state index is 0.221. The number of nitrogens with one attached hydrogen (secondary N) is 1. The maximum Gasteiger partial charge on any atom is 0.255 e. The van der Waals surface area contributed by atoms with Gasteiger partial charge in [0.05, 0.1) is 11.9 Å². The number of aromatic nitrogens is 3. The second kappa shape index (κ2) is 8.77. The molecule has 7 heteroatoms. The van der Waals surface area contributed by atoms with Crippen LogP contribution in [0, 0.1) is 0 Å². The molecule has 0 aliphatic carbocycles. The topological polar surface area (TPSA) is 82.2 Å². The first kappa shape index (κ1) is 19.6. The Morgan fingerprint density at radius 2 is 1.91 bits per heavy atom. The molecule has 0 bridgehead atoms. The van der Waals surface area contributed by atoms with Crippen LogP contribution in [0.4, 0.5) is 5.69 Å². The van der Waals surface area contributed by atoms with E-state index in [4.69, 9.17) is 9.26 Å². The highest BCUT2D eigenvalue weighted by Gasteiger charge is 2.14. The smallest absolute Gasteiger partial charge is 0.255 e. The van der Waals surface area contributed by atoms with Gasteiger partial charge in [0.15, 0.2) is 5.76 Å². The van der Waals surface area contributed by atoms with Gasteiger partial charge < -0.3 is 14.6 Å². The minimum atomic E-state index is -0.221. The van der Waals surface area contributed by atoms with Crippen LogP contribution in [-0.4, -0.2) is 27.5 Å². The molecule has 0 aliphatic heterocycles. The molecular formula is C25H20N4O3. The highest BCUT2D eigenvalue weighted by molar-refractivity contribution is 6.07. The van der Waals surface area contributed by atoms with Gasteiger partial charge in [0.2, 0.25) is 0 Å². The third-order valence-electron chi connectivity index (χ3n) is 5.01. The third kappa shape index (κ3) is 4.22. The van der Waals surface area contributed by atoms with E-state index < -0.39 is 0 Å². The number of carbonyl (C=O) groups is 1. The molecule has 0 atom stereocenters. The first-order valence-electron chi connectivity index (χ1n) is 10.2. The molecule has 1 amide bonds. The monoisotopic (exact) mass is 424 g/mol. The summed E-state index contributed by atoms with van der Waals surface area (Å²) in [7, 11) is 0. The molecule has 3 aromatic carbocycles. The van der Waals surface area contributed by atoms with E-state index in [2.05, 4.69) is 15.6 Å². The molecule has 1 N–H and O–H groups in total.